The van der Waals surface area contributed by atoms with Crippen molar-refractivity contribution >= 4 is 21.6 Å². The van der Waals surface area contributed by atoms with Crippen molar-refractivity contribution in [1.82, 2.24) is 4.31 Å². The fraction of sp³-hybridized carbons (Fsp3) is 0.435. The number of aryl methyl sites for hydroxylation is 2. The number of carbonyl (C=O) groups is 1. The molecule has 0 aromatic heterocycles. The number of carbonyl (C=O) groups excluding carboxylic acids is 1. The first kappa shape index (κ1) is 23.1. The first-order chi connectivity index (χ1) is 14.8. The van der Waals surface area contributed by atoms with Gasteiger partial charge in [0.1, 0.15) is 0 Å². The van der Waals surface area contributed by atoms with Crippen LogP contribution in [-0.4, -0.2) is 45.9 Å². The molecule has 8 heteroatoms. The highest BCUT2D eigenvalue weighted by Crippen LogP contribution is 2.28. The lowest BCUT2D eigenvalue weighted by molar-refractivity contribution is -0.116. The van der Waals surface area contributed by atoms with Crippen LogP contribution in [-0.2, 0) is 21.2 Å². The minimum absolute atomic E-state index is 0.176. The molecule has 2 aromatic rings. The molecular formula is C23H30N2O5S. The summed E-state index contributed by atoms with van der Waals surface area (Å²) in [5.74, 6) is 1.08. The van der Waals surface area contributed by atoms with Gasteiger partial charge in [0.25, 0.3) is 0 Å². The molecule has 1 fully saturated rings. The number of hydrogen-bond donors (Lipinski definition) is 1. The van der Waals surface area contributed by atoms with E-state index >= 15 is 0 Å². The van der Waals surface area contributed by atoms with Gasteiger partial charge in [-0.2, -0.15) is 4.31 Å². The highest BCUT2D eigenvalue weighted by Gasteiger charge is 2.26. The van der Waals surface area contributed by atoms with Gasteiger partial charge in [-0.1, -0.05) is 18.6 Å². The second kappa shape index (κ2) is 10.2. The normalized spacial score (nSPS) is 14.8. The third-order valence-electron chi connectivity index (χ3n) is 5.52. The molecule has 0 unspecified atom stereocenters. The van der Waals surface area contributed by atoms with Crippen molar-refractivity contribution in [2.45, 2.75) is 43.9 Å². The smallest absolute Gasteiger partial charge is 0.243 e. The molecule has 0 bridgehead atoms. The highest BCUT2D eigenvalue weighted by atomic mass is 32.2. The molecule has 0 atom stereocenters. The first-order valence-corrected chi connectivity index (χ1v) is 11.9. The molecule has 31 heavy (non-hydrogen) atoms. The predicted octanol–water partition coefficient (Wildman–Crippen LogP) is 3.76. The lowest BCUT2D eigenvalue weighted by Gasteiger charge is -2.26. The van der Waals surface area contributed by atoms with Crippen LogP contribution in [0.15, 0.2) is 41.3 Å². The Morgan fingerprint density at radius 3 is 2.39 bits per heavy atom. The van der Waals surface area contributed by atoms with E-state index in [9.17, 15) is 13.2 Å². The number of hydrogen-bond acceptors (Lipinski definition) is 5. The van der Waals surface area contributed by atoms with Gasteiger partial charge < -0.3 is 14.8 Å². The summed E-state index contributed by atoms with van der Waals surface area (Å²) >= 11 is 0. The van der Waals surface area contributed by atoms with Crippen molar-refractivity contribution in [2.24, 2.45) is 0 Å². The van der Waals surface area contributed by atoms with E-state index in [2.05, 4.69) is 5.32 Å². The summed E-state index contributed by atoms with van der Waals surface area (Å²) in [7, 11) is -0.403. The number of ether oxygens (including phenoxy) is 2. The molecular weight excluding hydrogens is 416 g/mol. The monoisotopic (exact) mass is 446 g/mol. The Bertz CT molecular complexity index is 1030. The molecule has 0 saturated carbocycles. The highest BCUT2D eigenvalue weighted by molar-refractivity contribution is 7.89. The lowest BCUT2D eigenvalue weighted by atomic mass is 10.1. The summed E-state index contributed by atoms with van der Waals surface area (Å²) in [6.45, 7) is 2.94. The number of sulfonamides is 1. The van der Waals surface area contributed by atoms with Crippen molar-refractivity contribution in [1.29, 1.82) is 0 Å². The van der Waals surface area contributed by atoms with Gasteiger partial charge in [-0.25, -0.2) is 8.42 Å². The minimum atomic E-state index is -3.55. The molecule has 0 spiro atoms. The molecule has 0 radical (unpaired) electrons. The third-order valence-corrected chi connectivity index (χ3v) is 7.42. The maximum Gasteiger partial charge on any atom is 0.243 e. The fourth-order valence-corrected chi connectivity index (χ4v) is 5.20. The standard InChI is InChI=1S/C23H30N2O5S/c1-17-7-10-19(31(27,28)25-13-5-4-6-14-25)16-20(17)24-23(26)12-9-18-8-11-21(29-2)22(15-18)30-3/h7-8,10-11,15-16H,4-6,9,12-14H2,1-3H3,(H,24,26). The summed E-state index contributed by atoms with van der Waals surface area (Å²) < 4.78 is 38.0. The van der Waals surface area contributed by atoms with Gasteiger partial charge in [-0.15, -0.1) is 0 Å². The number of rotatable bonds is 8. The van der Waals surface area contributed by atoms with E-state index in [-0.39, 0.29) is 17.2 Å². The molecule has 1 aliphatic rings. The Hall–Kier alpha value is -2.58. The van der Waals surface area contributed by atoms with Gasteiger partial charge in [-0.05, 0) is 61.6 Å². The average Bonchev–Trinajstić information content (AvgIpc) is 2.79. The van der Waals surface area contributed by atoms with Crippen LogP contribution in [0.3, 0.4) is 0 Å². The average molecular weight is 447 g/mol. The predicted molar refractivity (Wildman–Crippen MR) is 120 cm³/mol. The van der Waals surface area contributed by atoms with Crippen molar-refractivity contribution in [2.75, 3.05) is 32.6 Å². The lowest BCUT2D eigenvalue weighted by Crippen LogP contribution is -2.35. The number of amides is 1. The number of anilines is 1. The number of nitrogens with one attached hydrogen (secondary N) is 1. The van der Waals surface area contributed by atoms with Crippen LogP contribution in [0.1, 0.15) is 36.8 Å². The molecule has 1 N–H and O–H groups in total. The van der Waals surface area contributed by atoms with Gasteiger partial charge in [0, 0.05) is 25.2 Å². The van der Waals surface area contributed by atoms with E-state index < -0.39 is 10.0 Å². The van der Waals surface area contributed by atoms with Crippen LogP contribution < -0.4 is 14.8 Å². The van der Waals surface area contributed by atoms with Crippen LogP contribution in [0.4, 0.5) is 5.69 Å². The molecule has 3 rings (SSSR count). The summed E-state index contributed by atoms with van der Waals surface area (Å²) in [4.78, 5) is 12.8. The molecule has 1 saturated heterocycles. The van der Waals surface area contributed by atoms with Gasteiger partial charge >= 0.3 is 0 Å². The largest absolute Gasteiger partial charge is 0.493 e. The zero-order chi connectivity index (χ0) is 22.4. The van der Waals surface area contributed by atoms with Crippen LogP contribution in [0.2, 0.25) is 0 Å². The first-order valence-electron chi connectivity index (χ1n) is 10.5. The number of nitrogens with zero attached hydrogens (tertiary/aromatic N) is 1. The Labute approximate surface area is 184 Å². The SMILES string of the molecule is COc1ccc(CCC(=O)Nc2cc(S(=O)(=O)N3CCCCC3)ccc2C)cc1OC. The van der Waals surface area contributed by atoms with Crippen molar-refractivity contribution in [3.8, 4) is 11.5 Å². The molecule has 2 aromatic carbocycles. The molecule has 168 valence electrons. The Kier molecular flexibility index (Phi) is 7.56. The van der Waals surface area contributed by atoms with Crippen LogP contribution in [0, 0.1) is 6.92 Å². The van der Waals surface area contributed by atoms with Crippen LogP contribution >= 0.6 is 0 Å². The summed E-state index contributed by atoms with van der Waals surface area (Å²) in [5.41, 5.74) is 2.29. The zero-order valence-electron chi connectivity index (χ0n) is 18.3. The maximum atomic E-state index is 13.0. The molecule has 1 amide bonds. The van der Waals surface area contributed by atoms with Gasteiger partial charge in [0.05, 0.1) is 19.1 Å². The van der Waals surface area contributed by atoms with Crippen molar-refractivity contribution in [3.63, 3.8) is 0 Å². The van der Waals surface area contributed by atoms with E-state index in [0.717, 1.165) is 30.4 Å². The summed E-state index contributed by atoms with van der Waals surface area (Å²) in [6, 6.07) is 10.5. The van der Waals surface area contributed by atoms with Gasteiger partial charge in [-0.3, -0.25) is 4.79 Å². The topological polar surface area (TPSA) is 84.9 Å². The van der Waals surface area contributed by atoms with E-state index in [4.69, 9.17) is 9.47 Å². The maximum absolute atomic E-state index is 13.0. The van der Waals surface area contributed by atoms with Gasteiger partial charge in [0.2, 0.25) is 15.9 Å². The minimum Gasteiger partial charge on any atom is -0.493 e. The van der Waals surface area contributed by atoms with Crippen LogP contribution in [0.25, 0.3) is 0 Å². The van der Waals surface area contributed by atoms with E-state index in [0.29, 0.717) is 36.7 Å². The third kappa shape index (κ3) is 5.57. The molecule has 0 aliphatic carbocycles. The van der Waals surface area contributed by atoms with Crippen molar-refractivity contribution in [3.05, 3.63) is 47.5 Å². The Morgan fingerprint density at radius 2 is 1.71 bits per heavy atom. The number of piperidine rings is 1. The quantitative estimate of drug-likeness (QED) is 0.667. The molecule has 1 heterocycles. The Balaban J connectivity index is 1.68. The second-order valence-electron chi connectivity index (χ2n) is 7.68. The van der Waals surface area contributed by atoms with Crippen LogP contribution in [0.5, 0.6) is 11.5 Å². The van der Waals surface area contributed by atoms with Crippen molar-refractivity contribution < 1.29 is 22.7 Å². The number of benzene rings is 2. The second-order valence-corrected chi connectivity index (χ2v) is 9.62. The zero-order valence-corrected chi connectivity index (χ0v) is 19.1. The van der Waals surface area contributed by atoms with E-state index in [1.54, 1.807) is 32.4 Å². The van der Waals surface area contributed by atoms with E-state index in [1.165, 1.54) is 4.31 Å². The van der Waals surface area contributed by atoms with E-state index in [1.807, 2.05) is 25.1 Å². The summed E-state index contributed by atoms with van der Waals surface area (Å²) in [5, 5.41) is 2.87. The van der Waals surface area contributed by atoms with Gasteiger partial charge in [0.15, 0.2) is 11.5 Å². The fourth-order valence-electron chi connectivity index (χ4n) is 3.66. The number of methoxy groups -OCH3 is 2. The summed E-state index contributed by atoms with van der Waals surface area (Å²) in [6.07, 6.45) is 3.60. The molecule has 7 nitrogen and oxygen atoms in total. The Morgan fingerprint density at radius 1 is 1.00 bits per heavy atom. The molecule has 1 aliphatic heterocycles.